The summed E-state index contributed by atoms with van der Waals surface area (Å²) in [6.07, 6.45) is 7.12. The molecule has 0 atom stereocenters. The van der Waals surface area contributed by atoms with Crippen molar-refractivity contribution in [1.82, 2.24) is 24.6 Å². The van der Waals surface area contributed by atoms with Crippen LogP contribution in [-0.2, 0) is 19.3 Å². The molecule has 28 heavy (non-hydrogen) atoms. The van der Waals surface area contributed by atoms with E-state index in [1.54, 1.807) is 18.6 Å². The summed E-state index contributed by atoms with van der Waals surface area (Å²) in [5.74, 6) is 1.40. The molecule has 0 saturated carbocycles. The molecule has 0 aliphatic carbocycles. The number of benzene rings is 1. The largest absolute Gasteiger partial charge is 0.493 e. The topological polar surface area (TPSA) is 65.2 Å². The molecule has 0 fully saturated rings. The zero-order valence-electron chi connectivity index (χ0n) is 15.4. The summed E-state index contributed by atoms with van der Waals surface area (Å²) in [6, 6.07) is 7.14. The molecule has 1 aliphatic heterocycles. The third-order valence-corrected chi connectivity index (χ3v) is 5.17. The zero-order valence-corrected chi connectivity index (χ0v) is 15.4. The molecule has 3 aromatic heterocycles. The van der Waals surface area contributed by atoms with Crippen molar-refractivity contribution in [2.45, 2.75) is 26.2 Å². The molecule has 0 amide bonds. The van der Waals surface area contributed by atoms with E-state index in [1.165, 1.54) is 6.07 Å². The fourth-order valence-electron chi connectivity index (χ4n) is 3.70. The Bertz CT molecular complexity index is 1170. The van der Waals surface area contributed by atoms with Crippen molar-refractivity contribution >= 4 is 5.65 Å². The first-order chi connectivity index (χ1) is 13.7. The van der Waals surface area contributed by atoms with E-state index in [9.17, 15) is 4.39 Å². The van der Waals surface area contributed by atoms with Crippen LogP contribution in [0.3, 0.4) is 0 Å². The molecule has 0 spiro atoms. The molecule has 1 aromatic carbocycles. The van der Waals surface area contributed by atoms with Crippen LogP contribution in [-0.4, -0.2) is 31.2 Å². The molecule has 0 saturated heterocycles. The van der Waals surface area contributed by atoms with Crippen LogP contribution in [0.2, 0.25) is 0 Å². The van der Waals surface area contributed by atoms with E-state index >= 15 is 0 Å². The van der Waals surface area contributed by atoms with Gasteiger partial charge in [0, 0.05) is 47.6 Å². The lowest BCUT2D eigenvalue weighted by Gasteiger charge is -2.10. The predicted octanol–water partition coefficient (Wildman–Crippen LogP) is 3.35. The van der Waals surface area contributed by atoms with Crippen LogP contribution in [0.4, 0.5) is 4.39 Å². The summed E-state index contributed by atoms with van der Waals surface area (Å²) in [5, 5.41) is 8.31. The van der Waals surface area contributed by atoms with Crippen molar-refractivity contribution < 1.29 is 9.13 Å². The smallest absolute Gasteiger partial charge is 0.171 e. The highest BCUT2D eigenvalue weighted by atomic mass is 19.1. The van der Waals surface area contributed by atoms with Gasteiger partial charge >= 0.3 is 0 Å². The minimum absolute atomic E-state index is 0.188. The molecule has 7 heteroatoms. The van der Waals surface area contributed by atoms with Gasteiger partial charge in [0.25, 0.3) is 0 Å². The Morgan fingerprint density at radius 1 is 1.11 bits per heavy atom. The summed E-state index contributed by atoms with van der Waals surface area (Å²) in [6.45, 7) is 2.56. The summed E-state index contributed by atoms with van der Waals surface area (Å²) >= 11 is 0. The highest BCUT2D eigenvalue weighted by Gasteiger charge is 2.20. The van der Waals surface area contributed by atoms with Gasteiger partial charge in [-0.25, -0.2) is 9.37 Å². The minimum Gasteiger partial charge on any atom is -0.493 e. The Hall–Kier alpha value is -3.35. The highest BCUT2D eigenvalue weighted by Crippen LogP contribution is 2.31. The van der Waals surface area contributed by atoms with Crippen LogP contribution in [0.1, 0.15) is 22.6 Å². The molecular weight excluding hydrogens is 357 g/mol. The summed E-state index contributed by atoms with van der Waals surface area (Å²) < 4.78 is 21.8. The fraction of sp³-hybridized carbons (Fsp3) is 0.238. The highest BCUT2D eigenvalue weighted by molar-refractivity contribution is 5.75. The fourth-order valence-corrected chi connectivity index (χ4v) is 3.70. The average molecular weight is 375 g/mol. The van der Waals surface area contributed by atoms with Gasteiger partial charge in [0.1, 0.15) is 23.7 Å². The van der Waals surface area contributed by atoms with E-state index in [2.05, 4.69) is 20.2 Å². The van der Waals surface area contributed by atoms with E-state index in [0.29, 0.717) is 25.0 Å². The van der Waals surface area contributed by atoms with Crippen molar-refractivity contribution in [1.29, 1.82) is 0 Å². The van der Waals surface area contributed by atoms with Gasteiger partial charge in [0.2, 0.25) is 0 Å². The monoisotopic (exact) mass is 375 g/mol. The number of rotatable bonds is 4. The first kappa shape index (κ1) is 16.8. The molecule has 0 radical (unpaired) electrons. The second kappa shape index (κ2) is 6.67. The molecule has 140 valence electrons. The summed E-state index contributed by atoms with van der Waals surface area (Å²) in [5.41, 5.74) is 5.16. The molecule has 0 unspecified atom stereocenters. The van der Waals surface area contributed by atoms with Gasteiger partial charge in [-0.3, -0.25) is 9.38 Å². The molecule has 5 rings (SSSR count). The van der Waals surface area contributed by atoms with Gasteiger partial charge in [-0.05, 0) is 37.1 Å². The number of hydrogen-bond donors (Lipinski definition) is 0. The number of hydrogen-bond acceptors (Lipinski definition) is 5. The van der Waals surface area contributed by atoms with Crippen LogP contribution < -0.4 is 4.74 Å². The van der Waals surface area contributed by atoms with Gasteiger partial charge in [-0.15, -0.1) is 10.2 Å². The van der Waals surface area contributed by atoms with Crippen LogP contribution in [0.15, 0.2) is 43.0 Å². The van der Waals surface area contributed by atoms with Gasteiger partial charge in [-0.1, -0.05) is 6.07 Å². The lowest BCUT2D eigenvalue weighted by atomic mass is 10.00. The van der Waals surface area contributed by atoms with Crippen LogP contribution >= 0.6 is 0 Å². The molecule has 0 bridgehead atoms. The van der Waals surface area contributed by atoms with Crippen molar-refractivity contribution in [2.24, 2.45) is 0 Å². The molecule has 1 aliphatic rings. The number of halogens is 1. The van der Waals surface area contributed by atoms with Gasteiger partial charge in [-0.2, -0.15) is 0 Å². The number of fused-ring (bicyclic) bond motifs is 2. The van der Waals surface area contributed by atoms with E-state index in [1.807, 2.05) is 29.7 Å². The Labute approximate surface area is 161 Å². The number of aryl methyl sites for hydroxylation is 2. The summed E-state index contributed by atoms with van der Waals surface area (Å²) in [4.78, 5) is 8.97. The zero-order chi connectivity index (χ0) is 19.1. The second-order valence-electron chi connectivity index (χ2n) is 6.90. The van der Waals surface area contributed by atoms with E-state index in [4.69, 9.17) is 4.74 Å². The first-order valence-electron chi connectivity index (χ1n) is 9.24. The van der Waals surface area contributed by atoms with Crippen molar-refractivity contribution in [3.8, 4) is 16.9 Å². The van der Waals surface area contributed by atoms with Gasteiger partial charge in [0.15, 0.2) is 5.65 Å². The molecule has 4 heterocycles. The van der Waals surface area contributed by atoms with E-state index in [-0.39, 0.29) is 5.82 Å². The SMILES string of the molecule is Cc1ccc(-c2cnc(CCc3c(F)ccc4c3CCO4)n3cnnc23)cn1. The quantitative estimate of drug-likeness (QED) is 0.547. The number of aromatic nitrogens is 5. The predicted molar refractivity (Wildman–Crippen MR) is 102 cm³/mol. The maximum Gasteiger partial charge on any atom is 0.171 e. The van der Waals surface area contributed by atoms with Crippen molar-refractivity contribution in [3.63, 3.8) is 0 Å². The van der Waals surface area contributed by atoms with E-state index in [0.717, 1.165) is 46.0 Å². The van der Waals surface area contributed by atoms with Gasteiger partial charge in [0.05, 0.1) is 6.61 Å². The summed E-state index contributed by atoms with van der Waals surface area (Å²) in [7, 11) is 0. The number of nitrogens with zero attached hydrogens (tertiary/aromatic N) is 5. The minimum atomic E-state index is -0.188. The van der Waals surface area contributed by atoms with Crippen LogP contribution in [0.5, 0.6) is 5.75 Å². The Morgan fingerprint density at radius 3 is 2.89 bits per heavy atom. The van der Waals surface area contributed by atoms with E-state index < -0.39 is 0 Å². The van der Waals surface area contributed by atoms with Gasteiger partial charge < -0.3 is 4.74 Å². The maximum atomic E-state index is 14.4. The standard InChI is InChI=1S/C21H18FN5O/c1-13-2-3-14(10-23-13)17-11-24-20(27-12-25-26-21(17)27)7-4-15-16-8-9-28-19(16)6-5-18(15)22/h2-3,5-6,10-12H,4,7-9H2,1H3. The first-order valence-corrected chi connectivity index (χ1v) is 9.24. The molecule has 6 nitrogen and oxygen atoms in total. The lowest BCUT2D eigenvalue weighted by molar-refractivity contribution is 0.356. The van der Waals surface area contributed by atoms with Crippen LogP contribution in [0, 0.1) is 12.7 Å². The number of ether oxygens (including phenoxy) is 1. The average Bonchev–Trinajstić information content (AvgIpc) is 3.37. The maximum absolute atomic E-state index is 14.4. The van der Waals surface area contributed by atoms with Crippen molar-refractivity contribution in [3.05, 3.63) is 71.4 Å². The van der Waals surface area contributed by atoms with Crippen LogP contribution in [0.25, 0.3) is 16.8 Å². The third kappa shape index (κ3) is 2.79. The molecule has 4 aromatic rings. The Kier molecular flexibility index (Phi) is 4.00. The number of pyridine rings is 1. The molecule has 0 N–H and O–H groups in total. The van der Waals surface area contributed by atoms with Crippen molar-refractivity contribution in [2.75, 3.05) is 6.61 Å². The normalized spacial score (nSPS) is 12.9. The Balaban J connectivity index is 1.49. The molecular formula is C21H18FN5O. The third-order valence-electron chi connectivity index (χ3n) is 5.17. The Morgan fingerprint density at radius 2 is 2.04 bits per heavy atom. The second-order valence-corrected chi connectivity index (χ2v) is 6.90. The lowest BCUT2D eigenvalue weighted by Crippen LogP contribution is -2.06.